The Kier molecular flexibility index (Phi) is 7.28. The summed E-state index contributed by atoms with van der Waals surface area (Å²) < 4.78 is 30.8. The highest BCUT2D eigenvalue weighted by molar-refractivity contribution is 7.89. The normalized spacial score (nSPS) is 12.4. The minimum atomic E-state index is -3.93. The summed E-state index contributed by atoms with van der Waals surface area (Å²) in [5.41, 5.74) is 0.453. The molecule has 0 saturated heterocycles. The van der Waals surface area contributed by atoms with Crippen molar-refractivity contribution >= 4 is 33.5 Å². The van der Waals surface area contributed by atoms with Gasteiger partial charge in [-0.3, -0.25) is 14.4 Å². The number of amides is 2. The number of carbonyl (C=O) groups excluding carboxylic acids is 3. The fraction of sp³-hybridized carbons (Fsp3) is 0.438. The first kappa shape index (κ1) is 21.6. The molecule has 0 aliphatic heterocycles. The highest BCUT2D eigenvalue weighted by atomic mass is 32.2. The number of benzene rings is 1. The second-order valence-electron chi connectivity index (χ2n) is 5.83. The summed E-state index contributed by atoms with van der Waals surface area (Å²) in [6, 6.07) is 5.53. The molecule has 0 aliphatic rings. The molecule has 1 N–H and O–H groups in total. The van der Waals surface area contributed by atoms with Crippen LogP contribution in [-0.4, -0.2) is 69.2 Å². The van der Waals surface area contributed by atoms with E-state index in [4.69, 9.17) is 4.74 Å². The highest BCUT2D eigenvalue weighted by Crippen LogP contribution is 2.17. The first-order valence-corrected chi connectivity index (χ1v) is 9.13. The molecule has 0 fully saturated rings. The van der Waals surface area contributed by atoms with Crippen molar-refractivity contribution in [1.82, 2.24) is 9.21 Å². The smallest absolute Gasteiger partial charge is 0.322 e. The zero-order valence-electron chi connectivity index (χ0n) is 15.3. The van der Waals surface area contributed by atoms with Gasteiger partial charge in [-0.1, -0.05) is 0 Å². The van der Waals surface area contributed by atoms with Crippen molar-refractivity contribution in [2.45, 2.75) is 24.8 Å². The van der Waals surface area contributed by atoms with Crippen LogP contribution in [0.15, 0.2) is 29.2 Å². The molecule has 0 bridgehead atoms. The third kappa shape index (κ3) is 5.81. The van der Waals surface area contributed by atoms with Crippen LogP contribution in [0.25, 0.3) is 0 Å². The van der Waals surface area contributed by atoms with Crippen molar-refractivity contribution < 1.29 is 27.5 Å². The predicted octanol–water partition coefficient (Wildman–Crippen LogP) is 0.285. The first-order valence-electron chi connectivity index (χ1n) is 7.69. The maximum Gasteiger partial charge on any atom is 0.322 e. The molecule has 26 heavy (non-hydrogen) atoms. The lowest BCUT2D eigenvalue weighted by atomic mass is 10.3. The molecule has 1 rings (SSSR count). The number of nitrogens with one attached hydrogen (secondary N) is 1. The van der Waals surface area contributed by atoms with Crippen LogP contribution in [0.3, 0.4) is 0 Å². The maximum absolute atomic E-state index is 12.5. The molecular weight excluding hydrogens is 362 g/mol. The monoisotopic (exact) mass is 385 g/mol. The molecule has 0 aromatic heterocycles. The van der Waals surface area contributed by atoms with E-state index in [0.717, 1.165) is 4.31 Å². The molecule has 0 unspecified atom stereocenters. The van der Waals surface area contributed by atoms with Gasteiger partial charge in [-0.05, 0) is 31.2 Å². The van der Waals surface area contributed by atoms with E-state index < -0.39 is 34.5 Å². The minimum absolute atomic E-state index is 0.0423. The maximum atomic E-state index is 12.5. The summed E-state index contributed by atoms with van der Waals surface area (Å²) in [4.78, 5) is 35.8. The molecule has 0 aliphatic carbocycles. The Balaban J connectivity index is 2.78. The lowest BCUT2D eigenvalue weighted by Crippen LogP contribution is -2.38. The van der Waals surface area contributed by atoms with Gasteiger partial charge in [0.05, 0.1) is 4.90 Å². The van der Waals surface area contributed by atoms with E-state index in [1.807, 2.05) is 0 Å². The molecule has 2 amide bonds. The van der Waals surface area contributed by atoms with Crippen LogP contribution in [0.4, 0.5) is 5.69 Å². The number of nitrogens with zero attached hydrogens (tertiary/aromatic N) is 2. The van der Waals surface area contributed by atoms with Crippen LogP contribution in [0.5, 0.6) is 0 Å². The van der Waals surface area contributed by atoms with Crippen molar-refractivity contribution in [3.05, 3.63) is 24.3 Å². The second kappa shape index (κ2) is 8.77. The van der Waals surface area contributed by atoms with Crippen LogP contribution in [0.2, 0.25) is 0 Å². The number of ether oxygens (including phenoxy) is 1. The van der Waals surface area contributed by atoms with Crippen LogP contribution >= 0.6 is 0 Å². The SMILES string of the molecule is CC(=O)Nc1ccc(S(=O)(=O)N(C)CC(=O)O[C@H](C)C(=O)N(C)C)cc1. The van der Waals surface area contributed by atoms with E-state index in [1.54, 1.807) is 0 Å². The number of likely N-dealkylation sites (N-methyl/N-ethyl adjacent to an activating group) is 2. The molecule has 1 aromatic carbocycles. The van der Waals surface area contributed by atoms with E-state index in [9.17, 15) is 22.8 Å². The average molecular weight is 385 g/mol. The highest BCUT2D eigenvalue weighted by Gasteiger charge is 2.26. The summed E-state index contributed by atoms with van der Waals surface area (Å²) in [5.74, 6) is -1.52. The minimum Gasteiger partial charge on any atom is -0.452 e. The molecule has 0 radical (unpaired) electrons. The Hall–Kier alpha value is -2.46. The molecule has 1 atom stereocenters. The van der Waals surface area contributed by atoms with Crippen molar-refractivity contribution in [3.63, 3.8) is 0 Å². The van der Waals surface area contributed by atoms with Gasteiger partial charge in [0.2, 0.25) is 15.9 Å². The second-order valence-corrected chi connectivity index (χ2v) is 7.88. The summed E-state index contributed by atoms with van der Waals surface area (Å²) in [5, 5.41) is 2.53. The molecule has 0 heterocycles. The van der Waals surface area contributed by atoms with Crippen molar-refractivity contribution in [1.29, 1.82) is 0 Å². The fourth-order valence-electron chi connectivity index (χ4n) is 2.01. The number of esters is 1. The van der Waals surface area contributed by atoms with E-state index in [2.05, 4.69) is 5.32 Å². The number of sulfonamides is 1. The van der Waals surface area contributed by atoms with Gasteiger partial charge in [0, 0.05) is 33.8 Å². The van der Waals surface area contributed by atoms with Gasteiger partial charge >= 0.3 is 5.97 Å². The first-order chi connectivity index (χ1) is 11.9. The van der Waals surface area contributed by atoms with Crippen LogP contribution in [0, 0.1) is 0 Å². The molecule has 9 nitrogen and oxygen atoms in total. The molecule has 144 valence electrons. The van der Waals surface area contributed by atoms with E-state index >= 15 is 0 Å². The van der Waals surface area contributed by atoms with Crippen molar-refractivity contribution in [2.24, 2.45) is 0 Å². The fourth-order valence-corrected chi connectivity index (χ4v) is 3.12. The van der Waals surface area contributed by atoms with Gasteiger partial charge in [0.1, 0.15) is 6.54 Å². The van der Waals surface area contributed by atoms with Crippen LogP contribution < -0.4 is 5.32 Å². The quantitative estimate of drug-likeness (QED) is 0.675. The Morgan fingerprint density at radius 3 is 2.12 bits per heavy atom. The number of hydrogen-bond acceptors (Lipinski definition) is 6. The zero-order chi connectivity index (χ0) is 20.1. The van der Waals surface area contributed by atoms with E-state index in [0.29, 0.717) is 5.69 Å². The summed E-state index contributed by atoms with van der Waals surface area (Å²) in [7, 11) is 0.349. The number of hydrogen-bond donors (Lipinski definition) is 1. The van der Waals surface area contributed by atoms with E-state index in [-0.39, 0.29) is 10.8 Å². The molecule has 1 aromatic rings. The van der Waals surface area contributed by atoms with Crippen LogP contribution in [0.1, 0.15) is 13.8 Å². The largest absolute Gasteiger partial charge is 0.452 e. The molecular formula is C16H23N3O6S. The van der Waals surface area contributed by atoms with Crippen molar-refractivity contribution in [2.75, 3.05) is 33.0 Å². The van der Waals surface area contributed by atoms with Gasteiger partial charge in [0.25, 0.3) is 5.91 Å². The number of rotatable bonds is 7. The number of anilines is 1. The Bertz CT molecular complexity index is 774. The van der Waals surface area contributed by atoms with Crippen molar-refractivity contribution in [3.8, 4) is 0 Å². The molecule has 0 saturated carbocycles. The zero-order valence-corrected chi connectivity index (χ0v) is 16.2. The van der Waals surface area contributed by atoms with Gasteiger partial charge in [0.15, 0.2) is 6.10 Å². The lowest BCUT2D eigenvalue weighted by molar-refractivity contribution is -0.157. The van der Waals surface area contributed by atoms with Gasteiger partial charge in [-0.25, -0.2) is 8.42 Å². The molecule has 0 spiro atoms. The Labute approximate surface area is 153 Å². The van der Waals surface area contributed by atoms with E-state index in [1.165, 1.54) is 64.2 Å². The van der Waals surface area contributed by atoms with Gasteiger partial charge in [-0.15, -0.1) is 0 Å². The van der Waals surface area contributed by atoms with Gasteiger partial charge in [-0.2, -0.15) is 4.31 Å². The van der Waals surface area contributed by atoms with Gasteiger partial charge < -0.3 is 15.0 Å². The average Bonchev–Trinajstić information content (AvgIpc) is 2.53. The lowest BCUT2D eigenvalue weighted by Gasteiger charge is -2.20. The van der Waals surface area contributed by atoms with Crippen LogP contribution in [-0.2, 0) is 29.1 Å². The third-order valence-electron chi connectivity index (χ3n) is 3.33. The summed E-state index contributed by atoms with van der Waals surface area (Å²) >= 11 is 0. The Morgan fingerprint density at radius 1 is 1.12 bits per heavy atom. The predicted molar refractivity (Wildman–Crippen MR) is 94.8 cm³/mol. The molecule has 10 heteroatoms. The number of carbonyl (C=O) groups is 3. The summed E-state index contributed by atoms with van der Waals surface area (Å²) in [6.45, 7) is 2.21. The third-order valence-corrected chi connectivity index (χ3v) is 5.15. The Morgan fingerprint density at radius 2 is 1.65 bits per heavy atom. The summed E-state index contributed by atoms with van der Waals surface area (Å²) in [6.07, 6.45) is -1.01. The topological polar surface area (TPSA) is 113 Å². The standard InChI is InChI=1S/C16H23N3O6S/c1-11(16(22)18(3)4)25-15(21)10-19(5)26(23,24)14-8-6-13(7-9-14)17-12(2)20/h6-9,11H,10H2,1-5H3,(H,17,20)/t11-/m1/s1.